The molecule has 0 spiro atoms. The van der Waals surface area contributed by atoms with Crippen LogP contribution < -0.4 is 9.64 Å². The van der Waals surface area contributed by atoms with Crippen molar-refractivity contribution >= 4 is 17.5 Å². The fourth-order valence-electron chi connectivity index (χ4n) is 1.38. The molecule has 100 valence electrons. The molecule has 0 saturated heterocycles. The topological polar surface area (TPSA) is 64.0 Å². The molecule has 2 aromatic heterocycles. The lowest BCUT2D eigenvalue weighted by Crippen LogP contribution is -2.15. The smallest absolute Gasteiger partial charge is 0.322 e. The summed E-state index contributed by atoms with van der Waals surface area (Å²) in [6.45, 7) is 0.435. The van der Waals surface area contributed by atoms with Gasteiger partial charge in [0.15, 0.2) is 0 Å². The summed E-state index contributed by atoms with van der Waals surface area (Å²) < 4.78 is 5.47. The van der Waals surface area contributed by atoms with E-state index in [1.165, 1.54) is 0 Å². The highest BCUT2D eigenvalue weighted by atomic mass is 35.5. The minimum Gasteiger partial charge on any atom is -0.463 e. The molecule has 19 heavy (non-hydrogen) atoms. The average molecular weight is 280 g/mol. The molecule has 0 bridgehead atoms. The zero-order chi connectivity index (χ0) is 13.7. The number of hydrogen-bond acceptors (Lipinski definition) is 6. The standard InChI is InChI=1S/C12H14ClN5O/c1-18(2)11-15-10(13)16-12(17-11)19-8-6-9-5-3-4-7-14-9/h3-5,7H,6,8H2,1-2H3. The van der Waals surface area contributed by atoms with Gasteiger partial charge in [0.25, 0.3) is 0 Å². The van der Waals surface area contributed by atoms with E-state index in [2.05, 4.69) is 19.9 Å². The lowest BCUT2D eigenvalue weighted by atomic mass is 10.3. The minimum absolute atomic E-state index is 0.117. The Labute approximate surface area is 116 Å². The maximum absolute atomic E-state index is 5.81. The minimum atomic E-state index is 0.117. The summed E-state index contributed by atoms with van der Waals surface area (Å²) >= 11 is 5.81. The first-order chi connectivity index (χ1) is 9.15. The van der Waals surface area contributed by atoms with Crippen molar-refractivity contribution in [1.29, 1.82) is 0 Å². The van der Waals surface area contributed by atoms with Gasteiger partial charge in [-0.15, -0.1) is 0 Å². The van der Waals surface area contributed by atoms with Gasteiger partial charge >= 0.3 is 6.01 Å². The molecule has 0 fully saturated rings. The molecule has 0 amide bonds. The Morgan fingerprint density at radius 1 is 1.21 bits per heavy atom. The maximum atomic E-state index is 5.81. The summed E-state index contributed by atoms with van der Waals surface area (Å²) in [6.07, 6.45) is 2.43. The van der Waals surface area contributed by atoms with Gasteiger partial charge in [-0.25, -0.2) is 0 Å². The van der Waals surface area contributed by atoms with Crippen LogP contribution in [0.1, 0.15) is 5.69 Å². The fraction of sp³-hybridized carbons (Fsp3) is 0.333. The van der Waals surface area contributed by atoms with E-state index in [0.717, 1.165) is 5.69 Å². The molecule has 0 aromatic carbocycles. The Kier molecular flexibility index (Phi) is 4.46. The molecule has 0 aliphatic heterocycles. The SMILES string of the molecule is CN(C)c1nc(Cl)nc(OCCc2ccccn2)n1. The number of halogens is 1. The molecule has 2 heterocycles. The Balaban J connectivity index is 1.96. The van der Waals surface area contributed by atoms with Crippen LogP contribution in [0.5, 0.6) is 6.01 Å². The summed E-state index contributed by atoms with van der Waals surface area (Å²) in [5.41, 5.74) is 0.954. The van der Waals surface area contributed by atoms with Crippen molar-refractivity contribution in [3.63, 3.8) is 0 Å². The van der Waals surface area contributed by atoms with Gasteiger partial charge in [-0.1, -0.05) is 6.07 Å². The van der Waals surface area contributed by atoms with Crippen LogP contribution in [-0.2, 0) is 6.42 Å². The second-order valence-corrected chi connectivity index (χ2v) is 4.34. The quantitative estimate of drug-likeness (QED) is 0.828. The largest absolute Gasteiger partial charge is 0.463 e. The molecular formula is C12H14ClN5O. The van der Waals surface area contributed by atoms with Gasteiger partial charge in [0.05, 0.1) is 6.61 Å². The van der Waals surface area contributed by atoms with Crippen LogP contribution in [0.2, 0.25) is 5.28 Å². The van der Waals surface area contributed by atoms with E-state index in [0.29, 0.717) is 19.0 Å². The number of ether oxygens (including phenoxy) is 1. The van der Waals surface area contributed by atoms with Crippen LogP contribution in [0.3, 0.4) is 0 Å². The van der Waals surface area contributed by atoms with E-state index in [1.54, 1.807) is 11.1 Å². The summed E-state index contributed by atoms with van der Waals surface area (Å²) in [7, 11) is 3.65. The highest BCUT2D eigenvalue weighted by Crippen LogP contribution is 2.13. The third-order valence-corrected chi connectivity index (χ3v) is 2.46. The summed E-state index contributed by atoms with van der Waals surface area (Å²) in [5.74, 6) is 0.466. The van der Waals surface area contributed by atoms with Crippen LogP contribution in [0.4, 0.5) is 5.95 Å². The second kappa shape index (κ2) is 6.29. The zero-order valence-electron chi connectivity index (χ0n) is 10.7. The first-order valence-corrected chi connectivity index (χ1v) is 6.14. The second-order valence-electron chi connectivity index (χ2n) is 4.00. The van der Waals surface area contributed by atoms with Gasteiger partial charge in [-0.3, -0.25) is 4.98 Å². The lowest BCUT2D eigenvalue weighted by Gasteiger charge is -2.11. The van der Waals surface area contributed by atoms with E-state index >= 15 is 0 Å². The highest BCUT2D eigenvalue weighted by Gasteiger charge is 2.07. The Morgan fingerprint density at radius 3 is 2.74 bits per heavy atom. The first kappa shape index (κ1) is 13.5. The normalized spacial score (nSPS) is 10.3. The number of aromatic nitrogens is 4. The van der Waals surface area contributed by atoms with Crippen molar-refractivity contribution < 1.29 is 4.74 Å². The highest BCUT2D eigenvalue weighted by molar-refractivity contribution is 6.28. The van der Waals surface area contributed by atoms with Crippen molar-refractivity contribution in [2.24, 2.45) is 0 Å². The van der Waals surface area contributed by atoms with Gasteiger partial charge in [-0.2, -0.15) is 15.0 Å². The van der Waals surface area contributed by atoms with Gasteiger partial charge in [0.2, 0.25) is 11.2 Å². The third kappa shape index (κ3) is 4.03. The predicted molar refractivity (Wildman–Crippen MR) is 72.6 cm³/mol. The van der Waals surface area contributed by atoms with Crippen LogP contribution in [0.25, 0.3) is 0 Å². The third-order valence-electron chi connectivity index (χ3n) is 2.29. The molecule has 0 unspecified atom stereocenters. The molecule has 0 radical (unpaired) electrons. The average Bonchev–Trinajstić information content (AvgIpc) is 2.39. The molecule has 0 aliphatic carbocycles. The molecule has 0 N–H and O–H groups in total. The predicted octanol–water partition coefficient (Wildman–Crippen LogP) is 1.61. The van der Waals surface area contributed by atoms with Crippen LogP contribution >= 0.6 is 11.6 Å². The van der Waals surface area contributed by atoms with Crippen LogP contribution in [0.15, 0.2) is 24.4 Å². The molecule has 6 nitrogen and oxygen atoms in total. The molecule has 0 atom stereocenters. The van der Waals surface area contributed by atoms with Gasteiger partial charge in [0, 0.05) is 32.4 Å². The molecule has 2 aromatic rings. The van der Waals surface area contributed by atoms with Crippen molar-refractivity contribution in [2.75, 3.05) is 25.6 Å². The van der Waals surface area contributed by atoms with E-state index < -0.39 is 0 Å². The molecule has 2 rings (SSSR count). The summed E-state index contributed by atoms with van der Waals surface area (Å²) in [5, 5.41) is 0.117. The Bertz CT molecular complexity index is 535. The first-order valence-electron chi connectivity index (χ1n) is 5.77. The number of hydrogen-bond donors (Lipinski definition) is 0. The van der Waals surface area contributed by atoms with Crippen LogP contribution in [0, 0.1) is 0 Å². The molecule has 0 aliphatic rings. The van der Waals surface area contributed by atoms with E-state index in [9.17, 15) is 0 Å². The molecule has 0 saturated carbocycles. The summed E-state index contributed by atoms with van der Waals surface area (Å²) in [6, 6.07) is 5.97. The summed E-state index contributed by atoms with van der Waals surface area (Å²) in [4.78, 5) is 18.0. The molecule has 7 heteroatoms. The van der Waals surface area contributed by atoms with Gasteiger partial charge in [-0.05, 0) is 23.7 Å². The lowest BCUT2D eigenvalue weighted by molar-refractivity contribution is 0.294. The van der Waals surface area contributed by atoms with Gasteiger partial charge in [0.1, 0.15) is 0 Å². The zero-order valence-corrected chi connectivity index (χ0v) is 11.5. The number of pyridine rings is 1. The van der Waals surface area contributed by atoms with Crippen molar-refractivity contribution in [3.05, 3.63) is 35.4 Å². The van der Waals surface area contributed by atoms with E-state index in [4.69, 9.17) is 16.3 Å². The Hall–Kier alpha value is -1.95. The fourth-order valence-corrected chi connectivity index (χ4v) is 1.53. The van der Waals surface area contributed by atoms with Crippen molar-refractivity contribution in [1.82, 2.24) is 19.9 Å². The maximum Gasteiger partial charge on any atom is 0.322 e. The number of nitrogens with zero attached hydrogens (tertiary/aromatic N) is 5. The van der Waals surface area contributed by atoms with Gasteiger partial charge < -0.3 is 9.64 Å². The Morgan fingerprint density at radius 2 is 2.05 bits per heavy atom. The van der Waals surface area contributed by atoms with Crippen molar-refractivity contribution in [3.8, 4) is 6.01 Å². The van der Waals surface area contributed by atoms with E-state index in [1.807, 2.05) is 32.3 Å². The molecular weight excluding hydrogens is 266 g/mol. The number of anilines is 1. The van der Waals surface area contributed by atoms with Crippen LogP contribution in [-0.4, -0.2) is 40.6 Å². The number of rotatable bonds is 5. The monoisotopic (exact) mass is 279 g/mol. The van der Waals surface area contributed by atoms with Crippen molar-refractivity contribution in [2.45, 2.75) is 6.42 Å². The van der Waals surface area contributed by atoms with E-state index in [-0.39, 0.29) is 11.3 Å².